The number of aromatic nitrogens is 2. The number of aryl methyl sites for hydroxylation is 1. The summed E-state index contributed by atoms with van der Waals surface area (Å²) in [6, 6.07) is 10.1. The number of benzene rings is 1. The van der Waals surface area contributed by atoms with Crippen LogP contribution in [0.15, 0.2) is 41.1 Å². The first kappa shape index (κ1) is 10.5. The molecule has 2 heterocycles. The molecular weight excluding hydrogens is 232 g/mol. The highest BCUT2D eigenvalue weighted by Gasteiger charge is 2.04. The lowest BCUT2D eigenvalue weighted by molar-refractivity contribution is 0.415. The lowest BCUT2D eigenvalue weighted by Gasteiger charge is -1.92. The van der Waals surface area contributed by atoms with E-state index in [1.165, 1.54) is 9.71 Å². The van der Waals surface area contributed by atoms with E-state index in [2.05, 4.69) is 28.7 Å². The summed E-state index contributed by atoms with van der Waals surface area (Å²) >= 11 is 1.76. The van der Waals surface area contributed by atoms with Gasteiger partial charge in [-0.1, -0.05) is 17.3 Å². The third kappa shape index (κ3) is 2.36. The van der Waals surface area contributed by atoms with Gasteiger partial charge in [0, 0.05) is 18.9 Å². The molecule has 0 unspecified atom stereocenters. The van der Waals surface area contributed by atoms with Crippen LogP contribution in [-0.2, 0) is 6.42 Å². The molecule has 0 aliphatic rings. The Labute approximate surface area is 103 Å². The lowest BCUT2D eigenvalue weighted by atomic mass is 10.2. The van der Waals surface area contributed by atoms with Gasteiger partial charge in [0.15, 0.2) is 0 Å². The molecule has 0 aliphatic heterocycles. The molecule has 3 nitrogen and oxygen atoms in total. The molecular formula is C13H11N2OS. The molecule has 0 bridgehead atoms. The molecule has 0 fully saturated rings. The first-order valence-corrected chi connectivity index (χ1v) is 6.31. The van der Waals surface area contributed by atoms with Gasteiger partial charge in [-0.05, 0) is 18.6 Å². The summed E-state index contributed by atoms with van der Waals surface area (Å²) in [5.41, 5.74) is 1.99. The summed E-state index contributed by atoms with van der Waals surface area (Å²) in [5.74, 6) is 0. The summed E-state index contributed by atoms with van der Waals surface area (Å²) in [6.07, 6.45) is 5.54. The van der Waals surface area contributed by atoms with Gasteiger partial charge >= 0.3 is 0 Å². The van der Waals surface area contributed by atoms with E-state index in [9.17, 15) is 0 Å². The van der Waals surface area contributed by atoms with Gasteiger partial charge in [-0.3, -0.25) is 0 Å². The Hall–Kier alpha value is -1.68. The molecule has 0 N–H and O–H groups in total. The van der Waals surface area contributed by atoms with Gasteiger partial charge in [0.25, 0.3) is 0 Å². The van der Waals surface area contributed by atoms with Crippen LogP contribution in [0.5, 0.6) is 0 Å². The molecule has 2 aromatic heterocycles. The average Bonchev–Trinajstić information content (AvgIpc) is 2.96. The molecule has 4 heteroatoms. The molecule has 1 radical (unpaired) electrons. The van der Waals surface area contributed by atoms with Gasteiger partial charge in [-0.2, -0.15) is 0 Å². The van der Waals surface area contributed by atoms with Gasteiger partial charge in [-0.25, -0.2) is 4.98 Å². The van der Waals surface area contributed by atoms with E-state index in [0.717, 1.165) is 24.1 Å². The van der Waals surface area contributed by atoms with Crippen LogP contribution in [0, 0.1) is 6.42 Å². The minimum Gasteiger partial charge on any atom is -0.365 e. The topological polar surface area (TPSA) is 38.9 Å². The molecule has 0 aliphatic carbocycles. The van der Waals surface area contributed by atoms with Gasteiger partial charge in [0.2, 0.25) is 0 Å². The Morgan fingerprint density at radius 3 is 3.00 bits per heavy atom. The van der Waals surface area contributed by atoms with Crippen molar-refractivity contribution >= 4 is 21.6 Å². The van der Waals surface area contributed by atoms with Crippen LogP contribution in [-0.4, -0.2) is 10.1 Å². The van der Waals surface area contributed by atoms with E-state index in [0.29, 0.717) is 0 Å². The van der Waals surface area contributed by atoms with Crippen LogP contribution in [0.4, 0.5) is 0 Å². The fourth-order valence-corrected chi connectivity index (χ4v) is 2.68. The first-order valence-electron chi connectivity index (χ1n) is 5.50. The average molecular weight is 243 g/mol. The highest BCUT2D eigenvalue weighted by Crippen LogP contribution is 2.22. The molecule has 3 aromatic rings. The number of fused-ring (bicyclic) bond motifs is 1. The predicted octanol–water partition coefficient (Wildman–Crippen LogP) is 3.47. The maximum Gasteiger partial charge on any atom is 0.124 e. The highest BCUT2D eigenvalue weighted by molar-refractivity contribution is 7.18. The molecule has 0 saturated heterocycles. The largest absolute Gasteiger partial charge is 0.365 e. The van der Waals surface area contributed by atoms with Crippen molar-refractivity contribution in [3.8, 4) is 0 Å². The third-order valence-corrected chi connectivity index (χ3v) is 3.60. The van der Waals surface area contributed by atoms with Gasteiger partial charge in [0.1, 0.15) is 6.26 Å². The summed E-state index contributed by atoms with van der Waals surface area (Å²) in [6.45, 7) is 0. The number of para-hydroxylation sites is 1. The van der Waals surface area contributed by atoms with Gasteiger partial charge in [-0.15, -0.1) is 11.3 Å². The SMILES string of the molecule is [CH](CCc1nc2ccccc2s1)c1ccon1. The minimum absolute atomic E-state index is 0.895. The lowest BCUT2D eigenvalue weighted by Crippen LogP contribution is -1.86. The van der Waals surface area contributed by atoms with Crippen molar-refractivity contribution in [2.45, 2.75) is 12.8 Å². The Bertz CT molecular complexity index is 568. The van der Waals surface area contributed by atoms with Gasteiger partial charge in [0.05, 0.1) is 20.9 Å². The number of nitrogens with zero attached hydrogens (tertiary/aromatic N) is 2. The van der Waals surface area contributed by atoms with Crippen molar-refractivity contribution in [1.29, 1.82) is 0 Å². The maximum atomic E-state index is 4.77. The van der Waals surface area contributed by atoms with E-state index in [-0.39, 0.29) is 0 Å². The Kier molecular flexibility index (Phi) is 2.88. The zero-order valence-electron chi connectivity index (χ0n) is 9.17. The molecule has 0 atom stereocenters. The molecule has 17 heavy (non-hydrogen) atoms. The zero-order chi connectivity index (χ0) is 11.5. The Morgan fingerprint density at radius 2 is 2.18 bits per heavy atom. The van der Waals surface area contributed by atoms with E-state index in [4.69, 9.17) is 4.52 Å². The van der Waals surface area contributed by atoms with Crippen molar-refractivity contribution < 1.29 is 4.52 Å². The summed E-state index contributed by atoms with van der Waals surface area (Å²) in [5, 5.41) is 5.01. The van der Waals surface area contributed by atoms with E-state index >= 15 is 0 Å². The fourth-order valence-electron chi connectivity index (χ4n) is 1.70. The van der Waals surface area contributed by atoms with Gasteiger partial charge < -0.3 is 4.52 Å². The normalized spacial score (nSPS) is 11.1. The smallest absolute Gasteiger partial charge is 0.124 e. The first-order chi connectivity index (χ1) is 8.42. The second-order valence-corrected chi connectivity index (χ2v) is 4.86. The monoisotopic (exact) mass is 243 g/mol. The van der Waals surface area contributed by atoms with Crippen molar-refractivity contribution in [3.63, 3.8) is 0 Å². The quantitative estimate of drug-likeness (QED) is 0.704. The van der Waals surface area contributed by atoms with Crippen LogP contribution < -0.4 is 0 Å². The van der Waals surface area contributed by atoms with E-state index in [1.807, 2.05) is 18.2 Å². The summed E-state index contributed by atoms with van der Waals surface area (Å²) < 4.78 is 6.02. The Balaban J connectivity index is 1.65. The number of thiazole rings is 1. The molecule has 0 spiro atoms. The zero-order valence-corrected chi connectivity index (χ0v) is 9.98. The molecule has 0 saturated carbocycles. The van der Waals surface area contributed by atoms with Crippen LogP contribution in [0.25, 0.3) is 10.2 Å². The van der Waals surface area contributed by atoms with Crippen LogP contribution in [0.3, 0.4) is 0 Å². The molecule has 3 rings (SSSR count). The molecule has 0 amide bonds. The van der Waals surface area contributed by atoms with Crippen LogP contribution in [0.2, 0.25) is 0 Å². The molecule has 85 valence electrons. The second-order valence-electron chi connectivity index (χ2n) is 3.74. The van der Waals surface area contributed by atoms with Crippen molar-refractivity contribution in [2.24, 2.45) is 0 Å². The standard InChI is InChI=1S/C13H11N2OS/c1-2-6-12-11(5-1)14-13(17-12)7-3-4-10-8-9-16-15-10/h1-2,4-6,8-9H,3,7H2. The minimum atomic E-state index is 0.895. The van der Waals surface area contributed by atoms with Crippen LogP contribution in [0.1, 0.15) is 17.1 Å². The fraction of sp³-hybridized carbons (Fsp3) is 0.154. The summed E-state index contributed by atoms with van der Waals surface area (Å²) in [4.78, 5) is 4.59. The number of hydrogen-bond donors (Lipinski definition) is 0. The predicted molar refractivity (Wildman–Crippen MR) is 67.8 cm³/mol. The Morgan fingerprint density at radius 1 is 1.24 bits per heavy atom. The van der Waals surface area contributed by atoms with Crippen molar-refractivity contribution in [2.75, 3.05) is 0 Å². The number of rotatable bonds is 4. The van der Waals surface area contributed by atoms with E-state index in [1.54, 1.807) is 17.6 Å². The van der Waals surface area contributed by atoms with Crippen LogP contribution >= 0.6 is 11.3 Å². The third-order valence-electron chi connectivity index (χ3n) is 2.51. The van der Waals surface area contributed by atoms with E-state index < -0.39 is 0 Å². The van der Waals surface area contributed by atoms with Crippen molar-refractivity contribution in [1.82, 2.24) is 10.1 Å². The maximum absolute atomic E-state index is 4.77. The molecule has 1 aromatic carbocycles. The highest BCUT2D eigenvalue weighted by atomic mass is 32.1. The number of hydrogen-bond acceptors (Lipinski definition) is 4. The summed E-state index contributed by atoms with van der Waals surface area (Å²) in [7, 11) is 0. The second kappa shape index (κ2) is 4.67. The van der Waals surface area contributed by atoms with Crippen molar-refractivity contribution in [3.05, 3.63) is 53.7 Å².